The van der Waals surface area contributed by atoms with Gasteiger partial charge in [-0.2, -0.15) is 0 Å². The van der Waals surface area contributed by atoms with E-state index >= 15 is 0 Å². The molecule has 1 fully saturated rings. The highest BCUT2D eigenvalue weighted by Crippen LogP contribution is 2.38. The van der Waals surface area contributed by atoms with Crippen LogP contribution < -0.4 is 0 Å². The molecule has 114 valence electrons. The SMILES string of the molecule is O=C(O)C1CCc2cc(CC3CCCCCC3)c(Cl)cc21. The molecule has 1 unspecified atom stereocenters. The van der Waals surface area contributed by atoms with Crippen molar-refractivity contribution in [1.29, 1.82) is 0 Å². The van der Waals surface area contributed by atoms with Crippen LogP contribution in [0.3, 0.4) is 0 Å². The Bertz CT molecular complexity index is 530. The molecule has 0 aromatic heterocycles. The van der Waals surface area contributed by atoms with Gasteiger partial charge in [0.15, 0.2) is 0 Å². The number of hydrogen-bond acceptors (Lipinski definition) is 1. The zero-order valence-corrected chi connectivity index (χ0v) is 13.2. The number of halogens is 1. The minimum absolute atomic E-state index is 0.357. The Morgan fingerprint density at radius 1 is 1.14 bits per heavy atom. The first kappa shape index (κ1) is 14.9. The predicted molar refractivity (Wildman–Crippen MR) is 85.0 cm³/mol. The van der Waals surface area contributed by atoms with Crippen molar-refractivity contribution in [3.8, 4) is 0 Å². The summed E-state index contributed by atoms with van der Waals surface area (Å²) in [6.07, 6.45) is 10.7. The van der Waals surface area contributed by atoms with Gasteiger partial charge in [0.1, 0.15) is 0 Å². The molecular formula is C18H23ClO2. The van der Waals surface area contributed by atoms with Gasteiger partial charge in [0.25, 0.3) is 0 Å². The highest BCUT2D eigenvalue weighted by atomic mass is 35.5. The van der Waals surface area contributed by atoms with Crippen LogP contribution in [0.5, 0.6) is 0 Å². The van der Waals surface area contributed by atoms with Crippen LogP contribution in [0.2, 0.25) is 5.02 Å². The standard InChI is InChI=1S/C18H23ClO2/c19-17-11-16-13(7-8-15(16)18(20)21)10-14(17)9-12-5-3-1-2-4-6-12/h10-12,15H,1-9H2,(H,20,21). The number of aliphatic carboxylic acids is 1. The van der Waals surface area contributed by atoms with Crippen LogP contribution in [0.25, 0.3) is 0 Å². The fourth-order valence-corrected chi connectivity index (χ4v) is 4.22. The summed E-state index contributed by atoms with van der Waals surface area (Å²) in [5.74, 6) is -0.328. The zero-order chi connectivity index (χ0) is 14.8. The molecule has 21 heavy (non-hydrogen) atoms. The molecule has 0 radical (unpaired) electrons. The Morgan fingerprint density at radius 3 is 2.52 bits per heavy atom. The normalized spacial score (nSPS) is 22.8. The zero-order valence-electron chi connectivity index (χ0n) is 12.4. The lowest BCUT2D eigenvalue weighted by Gasteiger charge is -2.16. The van der Waals surface area contributed by atoms with E-state index in [-0.39, 0.29) is 5.92 Å². The molecule has 1 N–H and O–H groups in total. The number of hydrogen-bond donors (Lipinski definition) is 1. The lowest BCUT2D eigenvalue weighted by molar-refractivity contribution is -0.138. The summed E-state index contributed by atoms with van der Waals surface area (Å²) in [4.78, 5) is 11.3. The number of fused-ring (bicyclic) bond motifs is 1. The third kappa shape index (κ3) is 3.26. The molecule has 2 aliphatic rings. The highest BCUT2D eigenvalue weighted by Gasteiger charge is 2.29. The second-order valence-corrected chi connectivity index (χ2v) is 7.04. The average molecular weight is 307 g/mol. The van der Waals surface area contributed by atoms with Gasteiger partial charge in [0.2, 0.25) is 0 Å². The van der Waals surface area contributed by atoms with Crippen LogP contribution in [-0.4, -0.2) is 11.1 Å². The van der Waals surface area contributed by atoms with Crippen molar-refractivity contribution in [2.75, 3.05) is 0 Å². The van der Waals surface area contributed by atoms with E-state index in [1.165, 1.54) is 49.7 Å². The van der Waals surface area contributed by atoms with Crippen molar-refractivity contribution in [2.24, 2.45) is 5.92 Å². The number of benzene rings is 1. The molecule has 0 amide bonds. The first-order chi connectivity index (χ1) is 10.1. The van der Waals surface area contributed by atoms with Crippen molar-refractivity contribution in [1.82, 2.24) is 0 Å². The van der Waals surface area contributed by atoms with Gasteiger partial charge >= 0.3 is 5.97 Å². The molecule has 1 aromatic carbocycles. The Hall–Kier alpha value is -1.02. The molecule has 3 heteroatoms. The van der Waals surface area contributed by atoms with E-state index in [1.807, 2.05) is 6.07 Å². The van der Waals surface area contributed by atoms with E-state index < -0.39 is 5.97 Å². The maximum absolute atomic E-state index is 11.3. The molecule has 0 bridgehead atoms. The van der Waals surface area contributed by atoms with Crippen LogP contribution in [-0.2, 0) is 17.6 Å². The van der Waals surface area contributed by atoms with Gasteiger partial charge in [0, 0.05) is 5.02 Å². The van der Waals surface area contributed by atoms with E-state index in [0.717, 1.165) is 29.3 Å². The van der Waals surface area contributed by atoms with Crippen molar-refractivity contribution < 1.29 is 9.90 Å². The fourth-order valence-electron chi connectivity index (χ4n) is 3.97. The Labute approximate surface area is 131 Å². The largest absolute Gasteiger partial charge is 0.481 e. The molecule has 1 aromatic rings. The molecular weight excluding hydrogens is 284 g/mol. The average Bonchev–Trinajstić information content (AvgIpc) is 2.68. The molecule has 2 aliphatic carbocycles. The third-order valence-electron chi connectivity index (χ3n) is 5.17. The summed E-state index contributed by atoms with van der Waals surface area (Å²) in [7, 11) is 0. The first-order valence-electron chi connectivity index (χ1n) is 8.19. The number of carbonyl (C=O) groups is 1. The van der Waals surface area contributed by atoms with Crippen LogP contribution in [0.4, 0.5) is 0 Å². The smallest absolute Gasteiger partial charge is 0.310 e. The summed E-state index contributed by atoms with van der Waals surface area (Å²) in [5.41, 5.74) is 3.38. The van der Waals surface area contributed by atoms with Gasteiger partial charge < -0.3 is 5.11 Å². The predicted octanol–water partition coefficient (Wildman–Crippen LogP) is 4.97. The highest BCUT2D eigenvalue weighted by molar-refractivity contribution is 6.31. The molecule has 0 saturated heterocycles. The molecule has 2 nitrogen and oxygen atoms in total. The van der Waals surface area contributed by atoms with E-state index in [2.05, 4.69) is 6.07 Å². The van der Waals surface area contributed by atoms with Crippen LogP contribution in [0, 0.1) is 5.92 Å². The maximum atomic E-state index is 11.3. The lowest BCUT2D eigenvalue weighted by atomic mass is 9.90. The number of rotatable bonds is 3. The minimum Gasteiger partial charge on any atom is -0.481 e. The van der Waals surface area contributed by atoms with E-state index in [4.69, 9.17) is 11.6 Å². The second kappa shape index (κ2) is 6.39. The summed E-state index contributed by atoms with van der Waals surface area (Å²) < 4.78 is 0. The summed E-state index contributed by atoms with van der Waals surface area (Å²) >= 11 is 6.45. The lowest BCUT2D eigenvalue weighted by Crippen LogP contribution is -2.08. The van der Waals surface area contributed by atoms with Gasteiger partial charge in [-0.1, -0.05) is 56.2 Å². The molecule has 0 spiro atoms. The van der Waals surface area contributed by atoms with Crippen LogP contribution in [0.1, 0.15) is 67.6 Å². The van der Waals surface area contributed by atoms with Gasteiger partial charge in [0.05, 0.1) is 5.92 Å². The van der Waals surface area contributed by atoms with Crippen LogP contribution >= 0.6 is 11.6 Å². The van der Waals surface area contributed by atoms with Gasteiger partial charge in [-0.3, -0.25) is 4.79 Å². The van der Waals surface area contributed by atoms with Gasteiger partial charge in [-0.05, 0) is 47.9 Å². The topological polar surface area (TPSA) is 37.3 Å². The minimum atomic E-state index is -0.721. The van der Waals surface area contributed by atoms with Crippen molar-refractivity contribution in [3.05, 3.63) is 33.8 Å². The first-order valence-corrected chi connectivity index (χ1v) is 8.57. The van der Waals surface area contributed by atoms with Crippen molar-refractivity contribution in [3.63, 3.8) is 0 Å². The number of carboxylic acid groups (broad SMARTS) is 1. The maximum Gasteiger partial charge on any atom is 0.310 e. The third-order valence-corrected chi connectivity index (χ3v) is 5.52. The van der Waals surface area contributed by atoms with Crippen molar-refractivity contribution in [2.45, 2.75) is 63.7 Å². The molecule has 0 aliphatic heterocycles. The second-order valence-electron chi connectivity index (χ2n) is 6.63. The van der Waals surface area contributed by atoms with E-state index in [0.29, 0.717) is 6.42 Å². The van der Waals surface area contributed by atoms with Crippen molar-refractivity contribution >= 4 is 17.6 Å². The quantitative estimate of drug-likeness (QED) is 0.801. The van der Waals surface area contributed by atoms with Gasteiger partial charge in [-0.15, -0.1) is 0 Å². The Kier molecular flexibility index (Phi) is 4.54. The molecule has 3 rings (SSSR count). The Balaban J connectivity index is 1.79. The Morgan fingerprint density at radius 2 is 1.86 bits per heavy atom. The fraction of sp³-hybridized carbons (Fsp3) is 0.611. The number of carboxylic acids is 1. The summed E-state index contributed by atoms with van der Waals surface area (Å²) in [6.45, 7) is 0. The molecule has 0 heterocycles. The van der Waals surface area contributed by atoms with Gasteiger partial charge in [-0.25, -0.2) is 0 Å². The summed E-state index contributed by atoms with van der Waals surface area (Å²) in [5, 5.41) is 10.0. The monoisotopic (exact) mass is 306 g/mol. The molecule has 1 atom stereocenters. The molecule has 1 saturated carbocycles. The summed E-state index contributed by atoms with van der Waals surface area (Å²) in [6, 6.07) is 4.11. The van der Waals surface area contributed by atoms with Crippen LogP contribution in [0.15, 0.2) is 12.1 Å². The van der Waals surface area contributed by atoms with E-state index in [9.17, 15) is 9.90 Å². The van der Waals surface area contributed by atoms with E-state index in [1.54, 1.807) is 0 Å². The number of aryl methyl sites for hydroxylation is 1.